The van der Waals surface area contributed by atoms with Crippen LogP contribution in [0.4, 0.5) is 11.4 Å². The predicted molar refractivity (Wildman–Crippen MR) is 385 cm³/mol. The Morgan fingerprint density at radius 2 is 0.870 bits per heavy atom. The molecule has 0 radical (unpaired) electrons. The van der Waals surface area contributed by atoms with E-state index in [-0.39, 0.29) is 11.8 Å². The molecule has 0 bridgehead atoms. The van der Waals surface area contributed by atoms with Crippen LogP contribution in [0.1, 0.15) is 47.2 Å². The third kappa shape index (κ3) is 8.00. The summed E-state index contributed by atoms with van der Waals surface area (Å²) in [6, 6.07) is 120. The molecule has 2 heterocycles. The molecule has 3 aliphatic carbocycles. The number of rotatable bonds is 9. The normalized spacial score (nSPS) is 17.3. The monoisotopic (exact) mass is 1170 g/mol. The molecule has 0 N–H and O–H groups in total. The van der Waals surface area contributed by atoms with Gasteiger partial charge in [-0.3, -0.25) is 0 Å². The lowest BCUT2D eigenvalue weighted by atomic mass is 9.53. The van der Waals surface area contributed by atoms with Crippen LogP contribution in [0.25, 0.3) is 106 Å². The molecule has 3 unspecified atom stereocenters. The molecule has 1 aliphatic heterocycles. The molecule has 1 spiro atoms. The molecule has 13 aromatic carbocycles. The Bertz CT molecular complexity index is 5440. The number of allylic oxidation sites excluding steroid dienone is 3. The Labute approximate surface area is 537 Å². The maximum atomic E-state index is 2.69. The highest BCUT2D eigenvalue weighted by atomic mass is 15.2. The van der Waals surface area contributed by atoms with Crippen molar-refractivity contribution in [1.29, 1.82) is 0 Å². The van der Waals surface area contributed by atoms with Crippen molar-refractivity contribution in [2.75, 3.05) is 4.90 Å². The number of hydrogen-bond donors (Lipinski definition) is 0. The van der Waals surface area contributed by atoms with E-state index in [4.69, 9.17) is 0 Å². The first-order valence-electron chi connectivity index (χ1n) is 32.5. The van der Waals surface area contributed by atoms with Crippen molar-refractivity contribution in [3.8, 4) is 61.3 Å². The predicted octanol–water partition coefficient (Wildman–Crippen LogP) is 21.3. The van der Waals surface area contributed by atoms with Crippen LogP contribution in [0.2, 0.25) is 0 Å². The lowest BCUT2D eigenvalue weighted by Gasteiger charge is -2.56. The first-order valence-corrected chi connectivity index (χ1v) is 32.5. The number of para-hydroxylation sites is 2. The molecule has 92 heavy (non-hydrogen) atoms. The zero-order chi connectivity index (χ0) is 61.1. The summed E-state index contributed by atoms with van der Waals surface area (Å²) in [4.78, 5) is 2.69. The molecule has 434 valence electrons. The minimum Gasteiger partial charge on any atom is -0.312 e. The number of fused-ring (bicyclic) bond motifs is 9. The topological polar surface area (TPSA) is 8.17 Å². The SMILES string of the molecule is CC1C=CC(c2ccc3c(c2)c2ccccc2n3-c2cc(-c3ccc(-c4ccccc4)cc3)cc(-c3cccc(-c4ccccc4)c3)c2)=C2c3ccccc3N(c3ccc4c(c3)C(c3ccccc3)(c3ccccc3)c3ccccc3-4)C3=c4ccccc4=CC(C)C231. The van der Waals surface area contributed by atoms with Gasteiger partial charge in [-0.1, -0.05) is 293 Å². The third-order valence-corrected chi connectivity index (χ3v) is 20.8. The third-order valence-electron chi connectivity index (χ3n) is 20.8. The largest absolute Gasteiger partial charge is 0.312 e. The molecular formula is C90H64N2. The van der Waals surface area contributed by atoms with Gasteiger partial charge in [0.1, 0.15) is 0 Å². The van der Waals surface area contributed by atoms with Gasteiger partial charge in [-0.05, 0) is 172 Å². The van der Waals surface area contributed by atoms with E-state index < -0.39 is 10.8 Å². The Balaban J connectivity index is 0.845. The molecule has 4 aliphatic rings. The molecular weight excluding hydrogens is 1110 g/mol. The van der Waals surface area contributed by atoms with Gasteiger partial charge in [0.25, 0.3) is 0 Å². The van der Waals surface area contributed by atoms with Gasteiger partial charge in [-0.15, -0.1) is 0 Å². The van der Waals surface area contributed by atoms with Gasteiger partial charge in [0.2, 0.25) is 0 Å². The van der Waals surface area contributed by atoms with E-state index in [2.05, 4.69) is 363 Å². The molecule has 0 fully saturated rings. The van der Waals surface area contributed by atoms with Crippen LogP contribution in [-0.2, 0) is 5.41 Å². The molecule has 2 nitrogen and oxygen atoms in total. The van der Waals surface area contributed by atoms with Crippen LogP contribution in [0, 0.1) is 17.3 Å². The number of aromatic nitrogens is 1. The van der Waals surface area contributed by atoms with Crippen molar-refractivity contribution in [1.82, 2.24) is 4.57 Å². The van der Waals surface area contributed by atoms with Crippen LogP contribution in [0.15, 0.2) is 334 Å². The highest BCUT2D eigenvalue weighted by Gasteiger charge is 2.56. The number of benzene rings is 13. The van der Waals surface area contributed by atoms with Crippen molar-refractivity contribution < 1.29 is 0 Å². The minimum absolute atomic E-state index is 0.120. The van der Waals surface area contributed by atoms with Gasteiger partial charge in [0.15, 0.2) is 0 Å². The summed E-state index contributed by atoms with van der Waals surface area (Å²) in [5, 5.41) is 5.00. The van der Waals surface area contributed by atoms with E-state index in [1.807, 2.05) is 0 Å². The summed E-state index contributed by atoms with van der Waals surface area (Å²) >= 11 is 0. The van der Waals surface area contributed by atoms with E-state index in [9.17, 15) is 0 Å². The molecule has 1 aromatic heterocycles. The maximum absolute atomic E-state index is 2.69. The van der Waals surface area contributed by atoms with Gasteiger partial charge in [0, 0.05) is 44.0 Å². The second-order valence-corrected chi connectivity index (χ2v) is 25.6. The summed E-state index contributed by atoms with van der Waals surface area (Å²) in [5.41, 5.74) is 28.4. The first kappa shape index (κ1) is 53.7. The van der Waals surface area contributed by atoms with Gasteiger partial charge >= 0.3 is 0 Å². The fourth-order valence-corrected chi connectivity index (χ4v) is 16.8. The molecule has 0 saturated carbocycles. The minimum atomic E-state index is -0.552. The van der Waals surface area contributed by atoms with Crippen molar-refractivity contribution in [3.63, 3.8) is 0 Å². The van der Waals surface area contributed by atoms with E-state index in [0.29, 0.717) is 0 Å². The highest BCUT2D eigenvalue weighted by molar-refractivity contribution is 6.15. The average molecular weight is 1170 g/mol. The van der Waals surface area contributed by atoms with E-state index in [1.165, 1.54) is 133 Å². The number of nitrogens with zero attached hydrogens (tertiary/aromatic N) is 2. The summed E-state index contributed by atoms with van der Waals surface area (Å²) in [5.74, 6) is 0.253. The second-order valence-electron chi connectivity index (χ2n) is 25.6. The Kier molecular flexibility index (Phi) is 12.3. The Hall–Kier alpha value is -11.3. The zero-order valence-electron chi connectivity index (χ0n) is 51.4. The highest BCUT2D eigenvalue weighted by Crippen LogP contribution is 2.67. The summed E-state index contributed by atoms with van der Waals surface area (Å²) in [6.07, 6.45) is 7.56. The standard InChI is InChI=1S/C90H64N2/c1-59-42-49-75(68-47-51-86-81(57-68)79-37-18-21-40-84(79)91(86)74-55-69(64-45-43-63(44-46-64)61-24-7-3-8-25-61)54-70(56-74)66-30-23-29-65(53-66)62-26-9-4-10-27-62)87-80-38-19-22-41-85(80)92(88-76-35-16-15-28-67(76)52-60(2)89(59,87)88)73-48-50-78-77-36-17-20-39-82(77)90(83(78)58-73,71-31-11-5-12-32-71)72-33-13-6-14-34-72/h3-60H,1-2H3. The van der Waals surface area contributed by atoms with Gasteiger partial charge in [-0.25, -0.2) is 0 Å². The van der Waals surface area contributed by atoms with Gasteiger partial charge in [0.05, 0.1) is 22.1 Å². The molecule has 0 saturated heterocycles. The van der Waals surface area contributed by atoms with Crippen molar-refractivity contribution in [2.24, 2.45) is 17.3 Å². The van der Waals surface area contributed by atoms with Crippen molar-refractivity contribution in [3.05, 3.63) is 377 Å². The second kappa shape index (κ2) is 21.2. The zero-order valence-corrected chi connectivity index (χ0v) is 51.4. The fourth-order valence-electron chi connectivity index (χ4n) is 16.8. The Morgan fingerprint density at radius 1 is 0.337 bits per heavy atom. The van der Waals surface area contributed by atoms with E-state index in [1.54, 1.807) is 0 Å². The number of anilines is 2. The molecule has 3 atom stereocenters. The maximum Gasteiger partial charge on any atom is 0.0714 e. The summed E-state index contributed by atoms with van der Waals surface area (Å²) in [7, 11) is 0. The Morgan fingerprint density at radius 3 is 1.61 bits per heavy atom. The smallest absolute Gasteiger partial charge is 0.0714 e. The lowest BCUT2D eigenvalue weighted by Crippen LogP contribution is -2.54. The quantitative estimate of drug-likeness (QED) is 0.140. The van der Waals surface area contributed by atoms with E-state index >= 15 is 0 Å². The van der Waals surface area contributed by atoms with Crippen LogP contribution < -0.4 is 15.3 Å². The van der Waals surface area contributed by atoms with Crippen molar-refractivity contribution >= 4 is 56.1 Å². The molecule has 0 amide bonds. The molecule has 2 heteroatoms. The van der Waals surface area contributed by atoms with Crippen molar-refractivity contribution in [2.45, 2.75) is 19.3 Å². The van der Waals surface area contributed by atoms with Crippen LogP contribution in [0.5, 0.6) is 0 Å². The average Bonchev–Trinajstić information content (AvgIpc) is 0.742. The van der Waals surface area contributed by atoms with Crippen LogP contribution in [0.3, 0.4) is 0 Å². The van der Waals surface area contributed by atoms with E-state index in [0.717, 1.165) is 22.5 Å². The first-order chi connectivity index (χ1) is 45.4. The summed E-state index contributed by atoms with van der Waals surface area (Å²) < 4.78 is 2.51. The molecule has 14 aromatic rings. The lowest BCUT2D eigenvalue weighted by molar-refractivity contribution is 0.328. The van der Waals surface area contributed by atoms with Crippen LogP contribution in [-0.4, -0.2) is 4.57 Å². The van der Waals surface area contributed by atoms with Gasteiger partial charge in [-0.2, -0.15) is 0 Å². The summed E-state index contributed by atoms with van der Waals surface area (Å²) in [6.45, 7) is 4.96. The number of hydrogen-bond acceptors (Lipinski definition) is 1. The fraction of sp³-hybridized carbons (Fsp3) is 0.0667. The van der Waals surface area contributed by atoms with Crippen LogP contribution >= 0.6 is 0 Å². The van der Waals surface area contributed by atoms with Gasteiger partial charge < -0.3 is 9.47 Å². The molecule has 18 rings (SSSR count).